The summed E-state index contributed by atoms with van der Waals surface area (Å²) >= 11 is 0. The van der Waals surface area contributed by atoms with Crippen molar-refractivity contribution in [3.63, 3.8) is 0 Å². The SMILES string of the molecule is COC(=O)NN=C(c1c(C)ccn1C(=O)O)C1CC2(CC(NC(=O)OC(C)(C)C)C2)C1. The van der Waals surface area contributed by atoms with Gasteiger partial charge in [-0.2, -0.15) is 5.10 Å². The predicted molar refractivity (Wildman–Crippen MR) is 112 cm³/mol. The van der Waals surface area contributed by atoms with Crippen LogP contribution in [0.1, 0.15) is 57.7 Å². The Bertz CT molecular complexity index is 899. The third-order valence-electron chi connectivity index (χ3n) is 5.81. The average molecular weight is 434 g/mol. The normalized spacial score (nSPS) is 25.3. The minimum Gasteiger partial charge on any atom is -0.464 e. The van der Waals surface area contributed by atoms with Crippen molar-refractivity contribution in [2.75, 3.05) is 7.11 Å². The number of aromatic nitrogens is 1. The molecular formula is C21H30N4O6. The maximum Gasteiger partial charge on any atom is 0.427 e. The van der Waals surface area contributed by atoms with Crippen molar-refractivity contribution in [3.8, 4) is 0 Å². The molecule has 0 atom stereocenters. The molecule has 0 aromatic carbocycles. The van der Waals surface area contributed by atoms with Crippen LogP contribution in [0.5, 0.6) is 0 Å². The minimum absolute atomic E-state index is 0.00803. The van der Waals surface area contributed by atoms with Crippen LogP contribution in [-0.2, 0) is 9.47 Å². The number of carbonyl (C=O) groups excluding carboxylic acids is 2. The van der Waals surface area contributed by atoms with E-state index in [4.69, 9.17) is 4.74 Å². The average Bonchev–Trinajstić information content (AvgIpc) is 2.97. The van der Waals surface area contributed by atoms with Gasteiger partial charge in [-0.3, -0.25) is 4.57 Å². The van der Waals surface area contributed by atoms with Gasteiger partial charge in [-0.25, -0.2) is 19.8 Å². The van der Waals surface area contributed by atoms with Gasteiger partial charge in [0.15, 0.2) is 0 Å². The molecule has 1 spiro atoms. The number of methoxy groups -OCH3 is 1. The molecule has 1 aromatic heterocycles. The first-order chi connectivity index (χ1) is 14.4. The molecule has 2 fully saturated rings. The van der Waals surface area contributed by atoms with Crippen molar-refractivity contribution >= 4 is 24.0 Å². The van der Waals surface area contributed by atoms with Gasteiger partial charge >= 0.3 is 18.3 Å². The third-order valence-corrected chi connectivity index (χ3v) is 5.81. The van der Waals surface area contributed by atoms with Gasteiger partial charge in [-0.05, 0) is 70.4 Å². The summed E-state index contributed by atoms with van der Waals surface area (Å²) in [6.45, 7) is 7.28. The van der Waals surface area contributed by atoms with E-state index in [0.717, 1.165) is 35.8 Å². The maximum absolute atomic E-state index is 12.0. The summed E-state index contributed by atoms with van der Waals surface area (Å²) < 4.78 is 11.0. The number of hydrogen-bond acceptors (Lipinski definition) is 6. The molecule has 0 bridgehead atoms. The summed E-state index contributed by atoms with van der Waals surface area (Å²) in [6, 6.07) is 1.77. The van der Waals surface area contributed by atoms with Gasteiger partial charge < -0.3 is 19.9 Å². The van der Waals surface area contributed by atoms with Gasteiger partial charge in [0.05, 0.1) is 18.5 Å². The lowest BCUT2D eigenvalue weighted by Crippen LogP contribution is -2.58. The molecule has 0 radical (unpaired) electrons. The van der Waals surface area contributed by atoms with Crippen molar-refractivity contribution < 1.29 is 29.0 Å². The van der Waals surface area contributed by atoms with Crippen LogP contribution in [0, 0.1) is 18.3 Å². The van der Waals surface area contributed by atoms with Crippen LogP contribution in [-0.4, -0.2) is 52.4 Å². The van der Waals surface area contributed by atoms with E-state index in [-0.39, 0.29) is 17.4 Å². The predicted octanol–water partition coefficient (Wildman–Crippen LogP) is 3.47. The molecule has 0 saturated heterocycles. The smallest absolute Gasteiger partial charge is 0.427 e. The molecule has 10 nitrogen and oxygen atoms in total. The van der Waals surface area contributed by atoms with Crippen molar-refractivity contribution in [1.82, 2.24) is 15.3 Å². The van der Waals surface area contributed by atoms with Crippen molar-refractivity contribution in [3.05, 3.63) is 23.5 Å². The number of hydrazone groups is 1. The van der Waals surface area contributed by atoms with Crippen molar-refractivity contribution in [1.29, 1.82) is 0 Å². The van der Waals surface area contributed by atoms with Crippen LogP contribution in [0.3, 0.4) is 0 Å². The molecular weight excluding hydrogens is 404 g/mol. The lowest BCUT2D eigenvalue weighted by Gasteiger charge is -2.57. The quantitative estimate of drug-likeness (QED) is 0.491. The number of ether oxygens (including phenoxy) is 2. The van der Waals surface area contributed by atoms with Crippen LogP contribution < -0.4 is 10.7 Å². The molecule has 2 amide bonds. The summed E-state index contributed by atoms with van der Waals surface area (Å²) in [5.74, 6) is -0.00803. The molecule has 10 heteroatoms. The Labute approximate surface area is 181 Å². The fraction of sp³-hybridized carbons (Fsp3) is 0.619. The van der Waals surface area contributed by atoms with E-state index in [1.165, 1.54) is 13.3 Å². The van der Waals surface area contributed by atoms with E-state index in [0.29, 0.717) is 11.4 Å². The second kappa shape index (κ2) is 8.24. The number of amides is 2. The fourth-order valence-electron chi connectivity index (χ4n) is 4.58. The number of aryl methyl sites for hydroxylation is 1. The summed E-state index contributed by atoms with van der Waals surface area (Å²) in [5, 5.41) is 16.6. The third kappa shape index (κ3) is 5.00. The standard InChI is InChI=1S/C21H30N4O6/c1-12-6-7-25(19(28)29)16(12)15(23-24-18(27)30-5)13-8-21(9-13)10-14(11-21)22-17(26)31-20(2,3)4/h6-7,13-14H,8-11H2,1-5H3,(H,22,26)(H,24,27)(H,28,29). The minimum atomic E-state index is -1.12. The Morgan fingerprint density at radius 2 is 1.84 bits per heavy atom. The Hall–Kier alpha value is -3.04. The number of nitrogens with zero attached hydrogens (tertiary/aromatic N) is 2. The molecule has 2 aliphatic rings. The van der Waals surface area contributed by atoms with Crippen molar-refractivity contribution in [2.45, 2.75) is 65.0 Å². The number of nitrogens with one attached hydrogen (secondary N) is 2. The first kappa shape index (κ1) is 22.6. The van der Waals surface area contributed by atoms with Crippen LogP contribution in [0.25, 0.3) is 0 Å². The molecule has 1 aromatic rings. The molecule has 31 heavy (non-hydrogen) atoms. The van der Waals surface area contributed by atoms with Crippen molar-refractivity contribution in [2.24, 2.45) is 16.4 Å². The molecule has 0 aliphatic heterocycles. The Morgan fingerprint density at radius 3 is 2.39 bits per heavy atom. The highest BCUT2D eigenvalue weighted by Gasteiger charge is 2.55. The second-order valence-electron chi connectivity index (χ2n) is 9.46. The second-order valence-corrected chi connectivity index (χ2v) is 9.46. The van der Waals surface area contributed by atoms with Gasteiger partial charge in [0.2, 0.25) is 0 Å². The monoisotopic (exact) mass is 434 g/mol. The summed E-state index contributed by atoms with van der Waals surface area (Å²) in [4.78, 5) is 35.1. The van der Waals surface area contributed by atoms with E-state index in [2.05, 4.69) is 20.6 Å². The summed E-state index contributed by atoms with van der Waals surface area (Å²) in [6.07, 6.45) is 2.48. The lowest BCUT2D eigenvalue weighted by molar-refractivity contribution is -0.0294. The van der Waals surface area contributed by atoms with Gasteiger partial charge in [0.1, 0.15) is 5.60 Å². The number of hydrogen-bond donors (Lipinski definition) is 3. The first-order valence-corrected chi connectivity index (χ1v) is 10.3. The van der Waals surface area contributed by atoms with E-state index < -0.39 is 23.9 Å². The zero-order valence-electron chi connectivity index (χ0n) is 18.5. The molecule has 3 rings (SSSR count). The van der Waals surface area contributed by atoms with Crippen LogP contribution >= 0.6 is 0 Å². The molecule has 0 unspecified atom stereocenters. The highest BCUT2D eigenvalue weighted by molar-refractivity contribution is 6.05. The highest BCUT2D eigenvalue weighted by Crippen LogP contribution is 2.59. The zero-order chi connectivity index (χ0) is 23.0. The maximum atomic E-state index is 12.0. The zero-order valence-corrected chi connectivity index (χ0v) is 18.5. The number of carbonyl (C=O) groups is 3. The number of alkyl carbamates (subject to hydrolysis) is 1. The molecule has 2 aliphatic carbocycles. The van der Waals surface area contributed by atoms with Gasteiger partial charge in [-0.1, -0.05) is 0 Å². The largest absolute Gasteiger partial charge is 0.464 e. The molecule has 2 saturated carbocycles. The van der Waals surface area contributed by atoms with Crippen LogP contribution in [0.2, 0.25) is 0 Å². The topological polar surface area (TPSA) is 131 Å². The molecule has 3 N–H and O–H groups in total. The highest BCUT2D eigenvalue weighted by atomic mass is 16.6. The van der Waals surface area contributed by atoms with Crippen LogP contribution in [0.4, 0.5) is 14.4 Å². The molecule has 1 heterocycles. The van der Waals surface area contributed by atoms with Crippen LogP contribution in [0.15, 0.2) is 17.4 Å². The van der Waals surface area contributed by atoms with Gasteiger partial charge in [0, 0.05) is 18.2 Å². The fourth-order valence-corrected chi connectivity index (χ4v) is 4.58. The van der Waals surface area contributed by atoms with E-state index in [9.17, 15) is 19.5 Å². The molecule has 170 valence electrons. The lowest BCUT2D eigenvalue weighted by atomic mass is 9.49. The van der Waals surface area contributed by atoms with E-state index in [1.807, 2.05) is 20.8 Å². The number of carboxylic acid groups (broad SMARTS) is 1. The van der Waals surface area contributed by atoms with Gasteiger partial charge in [-0.15, -0.1) is 0 Å². The Kier molecular flexibility index (Phi) is 6.02. The van der Waals surface area contributed by atoms with E-state index in [1.54, 1.807) is 13.0 Å². The number of rotatable bonds is 4. The van der Waals surface area contributed by atoms with Gasteiger partial charge in [0.25, 0.3) is 0 Å². The summed E-state index contributed by atoms with van der Waals surface area (Å²) in [7, 11) is 1.24. The Balaban J connectivity index is 1.67. The summed E-state index contributed by atoms with van der Waals surface area (Å²) in [5.41, 5.74) is 3.62. The first-order valence-electron chi connectivity index (χ1n) is 10.3. The van der Waals surface area contributed by atoms with E-state index >= 15 is 0 Å². The Morgan fingerprint density at radius 1 is 1.19 bits per heavy atom.